The van der Waals surface area contributed by atoms with Gasteiger partial charge in [0.15, 0.2) is 11.5 Å². The molecule has 134 valence electrons. The minimum Gasteiger partial charge on any atom is -0.355 e. The molecule has 0 N–H and O–H groups in total. The average molecular weight is 349 g/mol. The minimum absolute atomic E-state index is 0.425. The molecule has 2 fully saturated rings. The van der Waals surface area contributed by atoms with E-state index in [9.17, 15) is 0 Å². The lowest BCUT2D eigenvalue weighted by atomic mass is 9.96. The van der Waals surface area contributed by atoms with Crippen molar-refractivity contribution < 1.29 is 0 Å². The van der Waals surface area contributed by atoms with Crippen LogP contribution < -0.4 is 4.90 Å². The fourth-order valence-electron chi connectivity index (χ4n) is 3.86. The van der Waals surface area contributed by atoms with Crippen LogP contribution in [0.2, 0.25) is 0 Å². The molecule has 7 nitrogen and oxygen atoms in total. The van der Waals surface area contributed by atoms with E-state index in [2.05, 4.69) is 37.1 Å². The topological polar surface area (TPSA) is 62.5 Å². The second-order valence-corrected chi connectivity index (χ2v) is 7.27. The van der Waals surface area contributed by atoms with Gasteiger partial charge in [-0.2, -0.15) is 4.52 Å². The molecule has 3 aromatic heterocycles. The van der Waals surface area contributed by atoms with Crippen molar-refractivity contribution in [3.8, 4) is 0 Å². The van der Waals surface area contributed by atoms with Crippen LogP contribution in [0.5, 0.6) is 0 Å². The molecular formula is C19H23N7. The standard InChI is InChI=1S/C19H23N7/c1-3-15(13-20-8-1)14-24-11-6-16(7-12-24)19-22-21-17-4-5-18(23-26(17)19)25-9-2-10-25/h1,3-5,8,13,16H,2,6-7,9-12,14H2. The minimum atomic E-state index is 0.425. The number of piperidine rings is 1. The van der Waals surface area contributed by atoms with Crippen LogP contribution in [0.1, 0.15) is 36.6 Å². The molecule has 0 saturated carbocycles. The van der Waals surface area contributed by atoms with Crippen LogP contribution in [0.4, 0.5) is 5.82 Å². The van der Waals surface area contributed by atoms with Crippen molar-refractivity contribution in [2.45, 2.75) is 31.7 Å². The lowest BCUT2D eigenvalue weighted by Crippen LogP contribution is -2.38. The summed E-state index contributed by atoms with van der Waals surface area (Å²) in [4.78, 5) is 9.01. The number of hydrogen-bond acceptors (Lipinski definition) is 6. The zero-order chi connectivity index (χ0) is 17.3. The summed E-state index contributed by atoms with van der Waals surface area (Å²) >= 11 is 0. The molecule has 0 unspecified atom stereocenters. The zero-order valence-corrected chi connectivity index (χ0v) is 14.8. The Morgan fingerprint density at radius 1 is 1.00 bits per heavy atom. The van der Waals surface area contributed by atoms with Crippen LogP contribution in [0, 0.1) is 0 Å². The Morgan fingerprint density at radius 3 is 2.62 bits per heavy atom. The molecule has 3 aromatic rings. The highest BCUT2D eigenvalue weighted by molar-refractivity contribution is 5.47. The fraction of sp³-hybridized carbons (Fsp3) is 0.474. The number of anilines is 1. The largest absolute Gasteiger partial charge is 0.355 e. The third-order valence-electron chi connectivity index (χ3n) is 5.53. The first-order valence-electron chi connectivity index (χ1n) is 9.45. The molecule has 5 rings (SSSR count). The van der Waals surface area contributed by atoms with Gasteiger partial charge in [0.05, 0.1) is 0 Å². The quantitative estimate of drug-likeness (QED) is 0.719. The van der Waals surface area contributed by atoms with Crippen LogP contribution >= 0.6 is 0 Å². The molecule has 0 atom stereocenters. The summed E-state index contributed by atoms with van der Waals surface area (Å²) < 4.78 is 1.97. The fourth-order valence-corrected chi connectivity index (χ4v) is 3.86. The Kier molecular flexibility index (Phi) is 4.01. The molecule has 2 saturated heterocycles. The maximum absolute atomic E-state index is 4.81. The van der Waals surface area contributed by atoms with E-state index in [0.717, 1.165) is 62.9 Å². The van der Waals surface area contributed by atoms with Gasteiger partial charge in [0, 0.05) is 37.9 Å². The maximum Gasteiger partial charge on any atom is 0.178 e. The summed E-state index contributed by atoms with van der Waals surface area (Å²) in [5.41, 5.74) is 2.13. The van der Waals surface area contributed by atoms with E-state index in [1.54, 1.807) is 0 Å². The number of pyridine rings is 1. The highest BCUT2D eigenvalue weighted by Gasteiger charge is 2.26. The molecule has 0 bridgehead atoms. The summed E-state index contributed by atoms with van der Waals surface area (Å²) in [7, 11) is 0. The van der Waals surface area contributed by atoms with Gasteiger partial charge in [0.25, 0.3) is 0 Å². The van der Waals surface area contributed by atoms with Crippen molar-refractivity contribution in [3.05, 3.63) is 48.0 Å². The number of fused-ring (bicyclic) bond motifs is 1. The van der Waals surface area contributed by atoms with Crippen molar-refractivity contribution in [2.75, 3.05) is 31.1 Å². The van der Waals surface area contributed by atoms with E-state index < -0.39 is 0 Å². The highest BCUT2D eigenvalue weighted by atomic mass is 15.4. The number of hydrogen-bond donors (Lipinski definition) is 0. The van der Waals surface area contributed by atoms with E-state index >= 15 is 0 Å². The molecular weight excluding hydrogens is 326 g/mol. The molecule has 0 spiro atoms. The Hall–Kier alpha value is -2.54. The van der Waals surface area contributed by atoms with Crippen LogP contribution in [-0.2, 0) is 6.54 Å². The number of nitrogens with zero attached hydrogens (tertiary/aromatic N) is 7. The molecule has 0 radical (unpaired) electrons. The van der Waals surface area contributed by atoms with Crippen LogP contribution in [0.15, 0.2) is 36.7 Å². The van der Waals surface area contributed by atoms with E-state index in [-0.39, 0.29) is 0 Å². The molecule has 7 heteroatoms. The Labute approximate surface area is 152 Å². The average Bonchev–Trinajstić information content (AvgIpc) is 3.05. The van der Waals surface area contributed by atoms with E-state index in [1.165, 1.54) is 12.0 Å². The summed E-state index contributed by atoms with van der Waals surface area (Å²) in [6.45, 7) is 5.31. The Balaban J connectivity index is 1.30. The molecule has 5 heterocycles. The van der Waals surface area contributed by atoms with E-state index in [4.69, 9.17) is 5.10 Å². The summed E-state index contributed by atoms with van der Waals surface area (Å²) in [6, 6.07) is 8.25. The van der Waals surface area contributed by atoms with Crippen molar-refractivity contribution in [3.63, 3.8) is 0 Å². The van der Waals surface area contributed by atoms with E-state index in [1.807, 2.05) is 29.0 Å². The summed E-state index contributed by atoms with van der Waals surface area (Å²) in [6.07, 6.45) is 7.23. The summed E-state index contributed by atoms with van der Waals surface area (Å²) in [5.74, 6) is 2.48. The first-order chi connectivity index (χ1) is 12.9. The van der Waals surface area contributed by atoms with Gasteiger partial charge in [-0.1, -0.05) is 6.07 Å². The lowest BCUT2D eigenvalue weighted by molar-refractivity contribution is 0.200. The van der Waals surface area contributed by atoms with Gasteiger partial charge in [-0.15, -0.1) is 15.3 Å². The molecule has 0 aliphatic carbocycles. The van der Waals surface area contributed by atoms with Crippen LogP contribution in [0.25, 0.3) is 5.65 Å². The predicted molar refractivity (Wildman–Crippen MR) is 99.1 cm³/mol. The predicted octanol–water partition coefficient (Wildman–Crippen LogP) is 2.11. The van der Waals surface area contributed by atoms with Crippen molar-refractivity contribution in [1.29, 1.82) is 0 Å². The van der Waals surface area contributed by atoms with Crippen molar-refractivity contribution in [1.82, 2.24) is 29.7 Å². The smallest absolute Gasteiger partial charge is 0.178 e. The van der Waals surface area contributed by atoms with Crippen LogP contribution in [0.3, 0.4) is 0 Å². The first-order valence-corrected chi connectivity index (χ1v) is 9.45. The maximum atomic E-state index is 4.81. The van der Waals surface area contributed by atoms with Gasteiger partial charge in [0.1, 0.15) is 5.82 Å². The third-order valence-corrected chi connectivity index (χ3v) is 5.53. The highest BCUT2D eigenvalue weighted by Crippen LogP contribution is 2.28. The van der Waals surface area contributed by atoms with E-state index in [0.29, 0.717) is 5.92 Å². The second-order valence-electron chi connectivity index (χ2n) is 7.27. The van der Waals surface area contributed by atoms with Crippen molar-refractivity contribution >= 4 is 11.5 Å². The third kappa shape index (κ3) is 2.92. The van der Waals surface area contributed by atoms with Gasteiger partial charge in [0.2, 0.25) is 0 Å². The lowest BCUT2D eigenvalue weighted by Gasteiger charge is -2.32. The molecule has 2 aliphatic rings. The Morgan fingerprint density at radius 2 is 1.88 bits per heavy atom. The molecule has 2 aliphatic heterocycles. The van der Waals surface area contributed by atoms with Gasteiger partial charge in [-0.3, -0.25) is 9.88 Å². The number of rotatable bonds is 4. The zero-order valence-electron chi connectivity index (χ0n) is 14.8. The first kappa shape index (κ1) is 15.7. The Bertz CT molecular complexity index is 879. The molecule has 0 amide bonds. The van der Waals surface area contributed by atoms with Crippen LogP contribution in [-0.4, -0.2) is 55.9 Å². The monoisotopic (exact) mass is 349 g/mol. The van der Waals surface area contributed by atoms with Gasteiger partial charge in [-0.25, -0.2) is 0 Å². The van der Waals surface area contributed by atoms with Crippen molar-refractivity contribution in [2.24, 2.45) is 0 Å². The normalized spacial score (nSPS) is 19.0. The summed E-state index contributed by atoms with van der Waals surface area (Å²) in [5, 5.41) is 13.6. The number of likely N-dealkylation sites (tertiary alicyclic amines) is 1. The molecule has 0 aromatic carbocycles. The SMILES string of the molecule is c1cncc(CN2CCC(c3nnc4ccc(N5CCC5)nn34)CC2)c1. The number of aromatic nitrogens is 5. The molecule has 26 heavy (non-hydrogen) atoms. The van der Waals surface area contributed by atoms with Gasteiger partial charge < -0.3 is 4.90 Å². The van der Waals surface area contributed by atoms with Gasteiger partial charge in [-0.05, 0) is 56.1 Å². The van der Waals surface area contributed by atoms with Gasteiger partial charge >= 0.3 is 0 Å². The second kappa shape index (κ2) is 6.64.